The summed E-state index contributed by atoms with van der Waals surface area (Å²) in [4.78, 5) is 28.7. The molecule has 3 aromatic rings. The monoisotopic (exact) mass is 269 g/mol. The molecule has 0 atom stereocenters. The summed E-state index contributed by atoms with van der Waals surface area (Å²) in [6.45, 7) is 0. The molecule has 2 N–H and O–H groups in total. The van der Waals surface area contributed by atoms with Crippen molar-refractivity contribution in [3.63, 3.8) is 0 Å². The molecule has 0 spiro atoms. The highest BCUT2D eigenvalue weighted by Crippen LogP contribution is 2.30. The molecule has 0 aliphatic carbocycles. The lowest BCUT2D eigenvalue weighted by Crippen LogP contribution is -2.14. The van der Waals surface area contributed by atoms with Crippen LogP contribution in [-0.4, -0.2) is 25.6 Å². The van der Waals surface area contributed by atoms with Crippen molar-refractivity contribution in [3.8, 4) is 11.3 Å². The van der Waals surface area contributed by atoms with Crippen molar-refractivity contribution < 1.29 is 9.90 Å². The third-order valence-corrected chi connectivity index (χ3v) is 3.21. The van der Waals surface area contributed by atoms with Gasteiger partial charge in [0.2, 0.25) is 0 Å². The molecule has 6 heteroatoms. The van der Waals surface area contributed by atoms with Gasteiger partial charge in [-0.1, -0.05) is 18.2 Å². The van der Waals surface area contributed by atoms with Gasteiger partial charge in [0.05, 0.1) is 5.69 Å². The molecule has 6 nitrogen and oxygen atoms in total. The molecule has 1 aromatic carbocycles. The van der Waals surface area contributed by atoms with Crippen molar-refractivity contribution >= 4 is 16.9 Å². The number of aromatic amines is 1. The molecule has 100 valence electrons. The van der Waals surface area contributed by atoms with E-state index in [1.165, 1.54) is 0 Å². The zero-order chi connectivity index (χ0) is 14.3. The van der Waals surface area contributed by atoms with Gasteiger partial charge >= 0.3 is 11.7 Å². The van der Waals surface area contributed by atoms with Gasteiger partial charge in [0.1, 0.15) is 5.56 Å². The number of fused-ring (bicyclic) bond motifs is 1. The SMILES string of the molecule is Cn1cc(-c2[nH]c(=O)ncc2C(=O)O)c2ccccc21. The van der Waals surface area contributed by atoms with E-state index in [0.717, 1.165) is 17.1 Å². The Morgan fingerprint density at radius 1 is 1.35 bits per heavy atom. The molecular weight excluding hydrogens is 258 g/mol. The standard InChI is InChI=1S/C14H11N3O3/c1-17-7-10(8-4-2-3-5-11(8)17)12-9(13(18)19)6-15-14(20)16-12/h2-7H,1H3,(H,18,19)(H,15,16,20). The van der Waals surface area contributed by atoms with Crippen LogP contribution in [0.3, 0.4) is 0 Å². The predicted octanol–water partition coefficient (Wildman–Crippen LogP) is 1.63. The number of benzene rings is 1. The Balaban J connectivity index is 2.39. The zero-order valence-corrected chi connectivity index (χ0v) is 10.6. The summed E-state index contributed by atoms with van der Waals surface area (Å²) in [5.41, 5.74) is 1.30. The van der Waals surface area contributed by atoms with Crippen LogP contribution in [0, 0.1) is 0 Å². The first-order valence-electron chi connectivity index (χ1n) is 5.95. The van der Waals surface area contributed by atoms with Crippen LogP contribution < -0.4 is 5.69 Å². The molecule has 0 saturated carbocycles. The number of nitrogens with zero attached hydrogens (tertiary/aromatic N) is 2. The molecule has 20 heavy (non-hydrogen) atoms. The number of aromatic nitrogens is 3. The molecule has 0 saturated heterocycles. The summed E-state index contributed by atoms with van der Waals surface area (Å²) in [5, 5.41) is 10.1. The molecule has 3 rings (SSSR count). The molecule has 2 aromatic heterocycles. The number of H-pyrrole nitrogens is 1. The van der Waals surface area contributed by atoms with E-state index >= 15 is 0 Å². The van der Waals surface area contributed by atoms with Gasteiger partial charge in [-0.15, -0.1) is 0 Å². The fourth-order valence-electron chi connectivity index (χ4n) is 2.31. The highest BCUT2D eigenvalue weighted by atomic mass is 16.4. The van der Waals surface area contributed by atoms with E-state index in [1.54, 1.807) is 6.20 Å². The minimum absolute atomic E-state index is 0.0269. The second-order valence-electron chi connectivity index (χ2n) is 4.45. The smallest absolute Gasteiger partial charge is 0.345 e. The number of aryl methyl sites for hydroxylation is 1. The molecule has 0 bridgehead atoms. The Bertz CT molecular complexity index is 877. The number of hydrogen-bond acceptors (Lipinski definition) is 3. The van der Waals surface area contributed by atoms with E-state index in [2.05, 4.69) is 9.97 Å². The van der Waals surface area contributed by atoms with Crippen molar-refractivity contribution in [2.75, 3.05) is 0 Å². The van der Waals surface area contributed by atoms with E-state index in [1.807, 2.05) is 35.9 Å². The maximum Gasteiger partial charge on any atom is 0.345 e. The van der Waals surface area contributed by atoms with Crippen LogP contribution in [-0.2, 0) is 7.05 Å². The largest absolute Gasteiger partial charge is 0.478 e. The average Bonchev–Trinajstić information content (AvgIpc) is 2.76. The molecule has 0 aliphatic heterocycles. The highest BCUT2D eigenvalue weighted by molar-refractivity contribution is 6.01. The van der Waals surface area contributed by atoms with Crippen LogP contribution >= 0.6 is 0 Å². The van der Waals surface area contributed by atoms with E-state index in [4.69, 9.17) is 0 Å². The summed E-state index contributed by atoms with van der Waals surface area (Å²) in [6.07, 6.45) is 2.88. The van der Waals surface area contributed by atoms with Crippen molar-refractivity contribution in [3.05, 3.63) is 52.7 Å². The first kappa shape index (κ1) is 12.2. The van der Waals surface area contributed by atoms with Crippen LogP contribution in [0.25, 0.3) is 22.2 Å². The second-order valence-corrected chi connectivity index (χ2v) is 4.45. The zero-order valence-electron chi connectivity index (χ0n) is 10.6. The number of rotatable bonds is 2. The first-order chi connectivity index (χ1) is 9.58. The Morgan fingerprint density at radius 3 is 2.85 bits per heavy atom. The van der Waals surface area contributed by atoms with Crippen LogP contribution in [0.4, 0.5) is 0 Å². The summed E-state index contributed by atoms with van der Waals surface area (Å²) >= 11 is 0. The third-order valence-electron chi connectivity index (χ3n) is 3.21. The highest BCUT2D eigenvalue weighted by Gasteiger charge is 2.17. The Kier molecular flexibility index (Phi) is 2.64. The van der Waals surface area contributed by atoms with Gasteiger partial charge in [-0.05, 0) is 6.07 Å². The molecular formula is C14H11N3O3. The van der Waals surface area contributed by atoms with E-state index in [0.29, 0.717) is 5.56 Å². The van der Waals surface area contributed by atoms with Crippen molar-refractivity contribution in [2.45, 2.75) is 0 Å². The van der Waals surface area contributed by atoms with Crippen LogP contribution in [0.1, 0.15) is 10.4 Å². The van der Waals surface area contributed by atoms with E-state index < -0.39 is 11.7 Å². The Hall–Kier alpha value is -2.89. The quantitative estimate of drug-likeness (QED) is 0.740. The number of hydrogen-bond donors (Lipinski definition) is 2. The minimum atomic E-state index is -1.13. The summed E-state index contributed by atoms with van der Waals surface area (Å²) < 4.78 is 1.88. The van der Waals surface area contributed by atoms with E-state index in [-0.39, 0.29) is 11.3 Å². The van der Waals surface area contributed by atoms with Crippen molar-refractivity contribution in [1.29, 1.82) is 0 Å². The van der Waals surface area contributed by atoms with Crippen LogP contribution in [0.15, 0.2) is 41.5 Å². The van der Waals surface area contributed by atoms with Gasteiger partial charge in [0.15, 0.2) is 0 Å². The topological polar surface area (TPSA) is 88.0 Å². The first-order valence-corrected chi connectivity index (χ1v) is 5.95. The maximum absolute atomic E-state index is 11.4. The molecule has 0 radical (unpaired) electrons. The van der Waals surface area contributed by atoms with Crippen LogP contribution in [0.2, 0.25) is 0 Å². The lowest BCUT2D eigenvalue weighted by atomic mass is 10.1. The fraction of sp³-hybridized carbons (Fsp3) is 0.0714. The maximum atomic E-state index is 11.4. The lowest BCUT2D eigenvalue weighted by Gasteiger charge is -2.03. The predicted molar refractivity (Wildman–Crippen MR) is 73.7 cm³/mol. The number of para-hydroxylation sites is 1. The van der Waals surface area contributed by atoms with Gasteiger partial charge in [-0.3, -0.25) is 0 Å². The van der Waals surface area contributed by atoms with Gasteiger partial charge < -0.3 is 14.7 Å². The molecule has 0 unspecified atom stereocenters. The number of carboxylic acid groups (broad SMARTS) is 1. The fourth-order valence-corrected chi connectivity index (χ4v) is 2.31. The normalized spacial score (nSPS) is 10.8. The minimum Gasteiger partial charge on any atom is -0.478 e. The third kappa shape index (κ3) is 1.78. The van der Waals surface area contributed by atoms with Gasteiger partial charge in [0, 0.05) is 35.9 Å². The van der Waals surface area contributed by atoms with Gasteiger partial charge in [0.25, 0.3) is 0 Å². The van der Waals surface area contributed by atoms with Crippen molar-refractivity contribution in [1.82, 2.24) is 14.5 Å². The lowest BCUT2D eigenvalue weighted by molar-refractivity contribution is 0.0697. The molecule has 0 amide bonds. The number of carbonyl (C=O) groups is 1. The summed E-state index contributed by atoms with van der Waals surface area (Å²) in [5.74, 6) is -1.13. The van der Waals surface area contributed by atoms with E-state index in [9.17, 15) is 14.7 Å². The number of aromatic carboxylic acids is 1. The van der Waals surface area contributed by atoms with Crippen molar-refractivity contribution in [2.24, 2.45) is 7.05 Å². The molecule has 2 heterocycles. The molecule has 0 aliphatic rings. The van der Waals surface area contributed by atoms with Gasteiger partial charge in [-0.25, -0.2) is 14.6 Å². The Morgan fingerprint density at radius 2 is 2.10 bits per heavy atom. The summed E-state index contributed by atoms with van der Waals surface area (Å²) in [7, 11) is 1.87. The van der Waals surface area contributed by atoms with Gasteiger partial charge in [-0.2, -0.15) is 0 Å². The average molecular weight is 269 g/mol. The number of carboxylic acids is 1. The molecule has 0 fully saturated rings. The Labute approximate surface area is 113 Å². The number of nitrogens with one attached hydrogen (secondary N) is 1. The second kappa shape index (κ2) is 4.34. The summed E-state index contributed by atoms with van der Waals surface area (Å²) in [6, 6.07) is 7.58. The van der Waals surface area contributed by atoms with Crippen LogP contribution in [0.5, 0.6) is 0 Å².